The molecule has 0 saturated heterocycles. The molecule has 0 amide bonds. The van der Waals surface area contributed by atoms with Gasteiger partial charge < -0.3 is 14.8 Å². The predicted molar refractivity (Wildman–Crippen MR) is 113 cm³/mol. The summed E-state index contributed by atoms with van der Waals surface area (Å²) >= 11 is 5.32. The first kappa shape index (κ1) is 17.9. The molecule has 0 spiro atoms. The predicted octanol–water partition coefficient (Wildman–Crippen LogP) is 4.37. The molecule has 2 aliphatic heterocycles. The lowest BCUT2D eigenvalue weighted by atomic mass is 10.1. The molecule has 0 aliphatic carbocycles. The molecule has 8 heteroatoms. The maximum atomic E-state index is 5.64. The van der Waals surface area contributed by atoms with Gasteiger partial charge in [-0.05, 0) is 34.1 Å². The number of rotatable bonds is 4. The molecule has 0 saturated carbocycles. The van der Waals surface area contributed by atoms with Crippen molar-refractivity contribution in [2.24, 2.45) is 0 Å². The molecule has 1 aromatic carbocycles. The Morgan fingerprint density at radius 2 is 2.07 bits per heavy atom. The summed E-state index contributed by atoms with van der Waals surface area (Å²) < 4.78 is 12.4. The third-order valence-corrected chi connectivity index (χ3v) is 6.49. The lowest BCUT2D eigenvalue weighted by Crippen LogP contribution is -2.30. The first-order valence-corrected chi connectivity index (χ1v) is 10.9. The van der Waals surface area contributed by atoms with Crippen LogP contribution in [-0.2, 0) is 19.5 Å². The number of aromatic nitrogens is 2. The van der Waals surface area contributed by atoms with Crippen molar-refractivity contribution in [1.29, 1.82) is 0 Å². The van der Waals surface area contributed by atoms with Crippen LogP contribution in [-0.4, -0.2) is 34.6 Å². The van der Waals surface area contributed by atoms with Crippen LogP contribution in [0.1, 0.15) is 16.1 Å². The van der Waals surface area contributed by atoms with Crippen molar-refractivity contribution in [2.75, 3.05) is 25.1 Å². The zero-order valence-electron chi connectivity index (χ0n) is 15.2. The number of hydrogen-bond acceptors (Lipinski definition) is 7. The van der Waals surface area contributed by atoms with Crippen LogP contribution in [0, 0.1) is 0 Å². The monoisotopic (exact) mass is 458 g/mol. The van der Waals surface area contributed by atoms with Crippen LogP contribution in [0.2, 0.25) is 0 Å². The molecule has 28 heavy (non-hydrogen) atoms. The number of fused-ring (bicyclic) bond motifs is 2. The summed E-state index contributed by atoms with van der Waals surface area (Å²) in [5, 5.41) is 5.41. The molecule has 0 radical (unpaired) electrons. The summed E-state index contributed by atoms with van der Waals surface area (Å²) in [7, 11) is 0. The molecule has 0 bridgehead atoms. The van der Waals surface area contributed by atoms with Crippen molar-refractivity contribution in [2.45, 2.75) is 19.5 Å². The molecule has 4 heterocycles. The van der Waals surface area contributed by atoms with Crippen molar-refractivity contribution in [3.05, 3.63) is 56.4 Å². The number of nitrogens with zero attached hydrogens (tertiary/aromatic N) is 3. The lowest BCUT2D eigenvalue weighted by molar-refractivity contribution is 0.171. The van der Waals surface area contributed by atoms with Gasteiger partial charge in [-0.1, -0.05) is 0 Å². The summed E-state index contributed by atoms with van der Waals surface area (Å²) in [6.07, 6.45) is 2.87. The van der Waals surface area contributed by atoms with E-state index in [9.17, 15) is 0 Å². The lowest BCUT2D eigenvalue weighted by Gasteiger charge is -2.27. The van der Waals surface area contributed by atoms with Crippen LogP contribution in [0.5, 0.6) is 11.5 Å². The van der Waals surface area contributed by atoms with Crippen LogP contribution in [0.4, 0.5) is 11.6 Å². The topological polar surface area (TPSA) is 59.5 Å². The van der Waals surface area contributed by atoms with Crippen LogP contribution in [0.3, 0.4) is 0 Å². The summed E-state index contributed by atoms with van der Waals surface area (Å²) in [4.78, 5) is 13.1. The number of anilines is 2. The van der Waals surface area contributed by atoms with Crippen LogP contribution in [0.15, 0.2) is 40.3 Å². The number of ether oxygens (including phenoxy) is 2. The summed E-state index contributed by atoms with van der Waals surface area (Å²) in [5.74, 6) is 2.15. The van der Waals surface area contributed by atoms with E-state index in [2.05, 4.69) is 42.6 Å². The quantitative estimate of drug-likeness (QED) is 0.625. The highest BCUT2D eigenvalue weighted by molar-refractivity contribution is 9.10. The second-order valence-corrected chi connectivity index (χ2v) is 8.75. The Labute approximate surface area is 175 Å². The summed E-state index contributed by atoms with van der Waals surface area (Å²) in [6.45, 7) is 4.02. The average Bonchev–Trinajstić information content (AvgIpc) is 3.12. The minimum Gasteiger partial charge on any atom is -0.486 e. The van der Waals surface area contributed by atoms with Gasteiger partial charge in [-0.3, -0.25) is 4.90 Å². The zero-order chi connectivity index (χ0) is 18.9. The molecular weight excluding hydrogens is 440 g/mol. The molecule has 2 aromatic heterocycles. The first-order chi connectivity index (χ1) is 13.7. The highest BCUT2D eigenvalue weighted by atomic mass is 79.9. The maximum absolute atomic E-state index is 5.64. The Balaban J connectivity index is 1.28. The number of hydrogen-bond donors (Lipinski definition) is 1. The van der Waals surface area contributed by atoms with Gasteiger partial charge in [-0.15, -0.1) is 11.3 Å². The normalized spacial score (nSPS) is 15.9. The minimum absolute atomic E-state index is 0.574. The van der Waals surface area contributed by atoms with E-state index >= 15 is 0 Å². The van der Waals surface area contributed by atoms with Crippen molar-refractivity contribution in [1.82, 2.24) is 14.9 Å². The van der Waals surface area contributed by atoms with Gasteiger partial charge >= 0.3 is 0 Å². The van der Waals surface area contributed by atoms with Crippen molar-refractivity contribution in [3.8, 4) is 11.5 Å². The second-order valence-electron chi connectivity index (χ2n) is 6.84. The van der Waals surface area contributed by atoms with Gasteiger partial charge in [0, 0.05) is 64.3 Å². The van der Waals surface area contributed by atoms with E-state index < -0.39 is 0 Å². The van der Waals surface area contributed by atoms with E-state index in [0.717, 1.165) is 53.4 Å². The molecule has 144 valence electrons. The van der Waals surface area contributed by atoms with Gasteiger partial charge in [0.2, 0.25) is 5.95 Å². The molecule has 6 nitrogen and oxygen atoms in total. The summed E-state index contributed by atoms with van der Waals surface area (Å²) in [5.41, 5.74) is 3.22. The fourth-order valence-electron chi connectivity index (χ4n) is 3.48. The number of benzene rings is 1. The van der Waals surface area contributed by atoms with E-state index in [0.29, 0.717) is 19.2 Å². The van der Waals surface area contributed by atoms with E-state index in [1.54, 1.807) is 11.3 Å². The molecule has 0 atom stereocenters. The SMILES string of the molecule is Brc1csc(CN2CCc3nc(Nc4ccc5c(c4)OCCO5)ncc3C2)c1. The Hall–Kier alpha value is -2.16. The standard InChI is InChI=1S/C20H19BrN4O2S/c21-14-7-16(28-12-14)11-25-4-3-17-13(10-25)9-22-20(24-17)23-15-1-2-18-19(8-15)27-6-5-26-18/h1-2,7-9,12H,3-6,10-11H2,(H,22,23,24). The van der Waals surface area contributed by atoms with E-state index in [1.807, 2.05) is 24.4 Å². The molecular formula is C20H19BrN4O2S. The Morgan fingerprint density at radius 3 is 2.93 bits per heavy atom. The fourth-order valence-corrected chi connectivity index (χ4v) is 4.97. The molecule has 5 rings (SSSR count). The van der Waals surface area contributed by atoms with Crippen molar-refractivity contribution >= 4 is 38.9 Å². The van der Waals surface area contributed by atoms with Gasteiger partial charge in [0.25, 0.3) is 0 Å². The molecule has 0 fully saturated rings. The van der Waals surface area contributed by atoms with E-state index in [4.69, 9.17) is 14.5 Å². The van der Waals surface area contributed by atoms with Crippen LogP contribution in [0.25, 0.3) is 0 Å². The zero-order valence-corrected chi connectivity index (χ0v) is 17.6. The van der Waals surface area contributed by atoms with Gasteiger partial charge in [-0.25, -0.2) is 9.97 Å². The fraction of sp³-hybridized carbons (Fsp3) is 0.300. The van der Waals surface area contributed by atoms with Gasteiger partial charge in [0.15, 0.2) is 11.5 Å². The van der Waals surface area contributed by atoms with E-state index in [1.165, 1.54) is 10.4 Å². The maximum Gasteiger partial charge on any atom is 0.227 e. The van der Waals surface area contributed by atoms with Crippen LogP contribution >= 0.6 is 27.3 Å². The molecule has 1 N–H and O–H groups in total. The smallest absolute Gasteiger partial charge is 0.227 e. The number of halogens is 1. The molecule has 2 aliphatic rings. The Morgan fingerprint density at radius 1 is 1.18 bits per heavy atom. The van der Waals surface area contributed by atoms with E-state index in [-0.39, 0.29) is 0 Å². The van der Waals surface area contributed by atoms with Gasteiger partial charge in [-0.2, -0.15) is 0 Å². The van der Waals surface area contributed by atoms with Gasteiger partial charge in [0.1, 0.15) is 13.2 Å². The Kier molecular flexibility index (Phi) is 4.92. The van der Waals surface area contributed by atoms with Crippen molar-refractivity contribution < 1.29 is 9.47 Å². The third-order valence-electron chi connectivity index (χ3n) is 4.81. The third kappa shape index (κ3) is 3.85. The van der Waals surface area contributed by atoms with Gasteiger partial charge in [0.05, 0.1) is 5.69 Å². The summed E-state index contributed by atoms with van der Waals surface area (Å²) in [6, 6.07) is 7.99. The molecule has 3 aromatic rings. The molecule has 0 unspecified atom stereocenters. The number of thiophene rings is 1. The van der Waals surface area contributed by atoms with Crippen LogP contribution < -0.4 is 14.8 Å². The highest BCUT2D eigenvalue weighted by Crippen LogP contribution is 2.33. The van der Waals surface area contributed by atoms with Crippen molar-refractivity contribution in [3.63, 3.8) is 0 Å². The number of nitrogens with one attached hydrogen (secondary N) is 1. The Bertz CT molecular complexity index is 1010. The second kappa shape index (κ2) is 7.69. The first-order valence-electron chi connectivity index (χ1n) is 9.20. The minimum atomic E-state index is 0.574. The largest absolute Gasteiger partial charge is 0.486 e. The highest BCUT2D eigenvalue weighted by Gasteiger charge is 2.19. The average molecular weight is 459 g/mol.